The van der Waals surface area contributed by atoms with Crippen LogP contribution in [-0.2, 0) is 16.1 Å². The van der Waals surface area contributed by atoms with Gasteiger partial charge in [0.2, 0.25) is 5.91 Å². The third kappa shape index (κ3) is 4.57. The Morgan fingerprint density at radius 2 is 2.16 bits per heavy atom. The van der Waals surface area contributed by atoms with Gasteiger partial charge in [-0.25, -0.2) is 4.98 Å². The molecule has 0 aliphatic carbocycles. The summed E-state index contributed by atoms with van der Waals surface area (Å²) in [5, 5.41) is 5.79. The van der Waals surface area contributed by atoms with Gasteiger partial charge < -0.3 is 15.0 Å². The van der Waals surface area contributed by atoms with Crippen LogP contribution in [0.3, 0.4) is 0 Å². The zero-order valence-electron chi connectivity index (χ0n) is 14.1. The summed E-state index contributed by atoms with van der Waals surface area (Å²) < 4.78 is 5.51. The maximum absolute atomic E-state index is 12.4. The maximum Gasteiger partial charge on any atom is 0.261 e. The summed E-state index contributed by atoms with van der Waals surface area (Å²) in [4.78, 5) is 30.8. The van der Waals surface area contributed by atoms with Gasteiger partial charge in [-0.2, -0.15) is 0 Å². The third-order valence-corrected chi connectivity index (χ3v) is 4.91. The largest absolute Gasteiger partial charge is 0.484 e. The highest BCUT2D eigenvalue weighted by Crippen LogP contribution is 2.18. The number of amides is 2. The number of benzene rings is 1. The first-order chi connectivity index (χ1) is 12.1. The second-order valence-electron chi connectivity index (χ2n) is 5.92. The van der Waals surface area contributed by atoms with E-state index in [1.54, 1.807) is 28.4 Å². The van der Waals surface area contributed by atoms with E-state index in [1.165, 1.54) is 0 Å². The van der Waals surface area contributed by atoms with E-state index in [9.17, 15) is 9.59 Å². The van der Waals surface area contributed by atoms with E-state index in [0.717, 1.165) is 17.1 Å². The number of aryl methyl sites for hydroxylation is 1. The highest BCUT2D eigenvalue weighted by atomic mass is 32.1. The first-order valence-electron chi connectivity index (χ1n) is 8.29. The van der Waals surface area contributed by atoms with Crippen molar-refractivity contribution in [1.29, 1.82) is 0 Å². The van der Waals surface area contributed by atoms with E-state index in [2.05, 4.69) is 10.3 Å². The summed E-state index contributed by atoms with van der Waals surface area (Å²) >= 11 is 1.55. The minimum atomic E-state index is -0.424. The topological polar surface area (TPSA) is 71.5 Å². The average Bonchev–Trinajstić information content (AvgIpc) is 3.27. The Bertz CT molecular complexity index is 732. The summed E-state index contributed by atoms with van der Waals surface area (Å²) in [5.41, 5.74) is 0.846. The maximum atomic E-state index is 12.4. The standard InChI is InChI=1S/C18H21N3O3S/c1-13-20-14(12-25-13)10-19-18(23)16-8-5-9-21(16)17(22)11-24-15-6-3-2-4-7-15/h2-4,6-7,12,16H,5,8-11H2,1H3,(H,19,23). The molecule has 2 amide bonds. The summed E-state index contributed by atoms with van der Waals surface area (Å²) in [6.07, 6.45) is 1.50. The van der Waals surface area contributed by atoms with Crippen molar-refractivity contribution in [2.45, 2.75) is 32.4 Å². The molecule has 1 fully saturated rings. The van der Waals surface area contributed by atoms with Gasteiger partial charge in [-0.3, -0.25) is 9.59 Å². The molecule has 1 aliphatic heterocycles. The van der Waals surface area contributed by atoms with Gasteiger partial charge in [0.1, 0.15) is 11.8 Å². The molecule has 6 nitrogen and oxygen atoms in total. The van der Waals surface area contributed by atoms with Crippen LogP contribution in [0.15, 0.2) is 35.7 Å². The van der Waals surface area contributed by atoms with Crippen LogP contribution in [0.25, 0.3) is 0 Å². The monoisotopic (exact) mass is 359 g/mol. The summed E-state index contributed by atoms with van der Waals surface area (Å²) in [7, 11) is 0. The molecule has 1 aromatic heterocycles. The van der Waals surface area contributed by atoms with Gasteiger partial charge in [0.05, 0.1) is 17.2 Å². The van der Waals surface area contributed by atoms with E-state index < -0.39 is 6.04 Å². The average molecular weight is 359 g/mol. The van der Waals surface area contributed by atoms with E-state index >= 15 is 0 Å². The van der Waals surface area contributed by atoms with Gasteiger partial charge in [0.15, 0.2) is 6.61 Å². The Kier molecular flexibility index (Phi) is 5.65. The van der Waals surface area contributed by atoms with Crippen molar-refractivity contribution in [3.05, 3.63) is 46.4 Å². The Morgan fingerprint density at radius 1 is 1.36 bits per heavy atom. The molecule has 1 aromatic carbocycles. The summed E-state index contributed by atoms with van der Waals surface area (Å²) in [6, 6.07) is 8.78. The fraction of sp³-hybridized carbons (Fsp3) is 0.389. The van der Waals surface area contributed by atoms with Crippen LogP contribution < -0.4 is 10.1 Å². The van der Waals surface area contributed by atoms with Crippen LogP contribution in [0.5, 0.6) is 5.75 Å². The van der Waals surface area contributed by atoms with E-state index in [4.69, 9.17) is 4.74 Å². The van der Waals surface area contributed by atoms with Crippen molar-refractivity contribution in [2.75, 3.05) is 13.2 Å². The number of ether oxygens (including phenoxy) is 1. The summed E-state index contributed by atoms with van der Waals surface area (Å²) in [6.45, 7) is 2.85. The summed E-state index contributed by atoms with van der Waals surface area (Å²) in [5.74, 6) is 0.358. The molecule has 1 unspecified atom stereocenters. The minimum absolute atomic E-state index is 0.0565. The molecular weight excluding hydrogens is 338 g/mol. The number of carbonyl (C=O) groups excluding carboxylic acids is 2. The number of rotatable bonds is 6. The smallest absolute Gasteiger partial charge is 0.261 e. The highest BCUT2D eigenvalue weighted by Gasteiger charge is 2.34. The Hall–Kier alpha value is -2.41. The molecule has 1 saturated heterocycles. The Morgan fingerprint density at radius 3 is 2.88 bits per heavy atom. The van der Waals surface area contributed by atoms with Crippen LogP contribution >= 0.6 is 11.3 Å². The molecule has 132 valence electrons. The lowest BCUT2D eigenvalue weighted by molar-refractivity contribution is -0.140. The fourth-order valence-electron chi connectivity index (χ4n) is 2.87. The molecule has 0 radical (unpaired) electrons. The number of hydrogen-bond acceptors (Lipinski definition) is 5. The van der Waals surface area contributed by atoms with Gasteiger partial charge >= 0.3 is 0 Å². The molecule has 1 atom stereocenters. The van der Waals surface area contributed by atoms with Crippen molar-refractivity contribution in [1.82, 2.24) is 15.2 Å². The number of aromatic nitrogens is 1. The predicted octanol–water partition coefficient (Wildman–Crippen LogP) is 2.14. The molecule has 2 heterocycles. The van der Waals surface area contributed by atoms with Gasteiger partial charge in [-0.1, -0.05) is 18.2 Å². The van der Waals surface area contributed by atoms with Gasteiger partial charge in [-0.15, -0.1) is 11.3 Å². The second kappa shape index (κ2) is 8.11. The molecule has 7 heteroatoms. The van der Waals surface area contributed by atoms with Crippen LogP contribution in [0.4, 0.5) is 0 Å². The van der Waals surface area contributed by atoms with Crippen molar-refractivity contribution in [3.8, 4) is 5.75 Å². The second-order valence-corrected chi connectivity index (χ2v) is 6.98. The lowest BCUT2D eigenvalue weighted by atomic mass is 10.2. The van der Waals surface area contributed by atoms with E-state index in [0.29, 0.717) is 25.3 Å². The first kappa shape index (κ1) is 17.4. The Labute approximate surface area is 150 Å². The van der Waals surface area contributed by atoms with Crippen molar-refractivity contribution in [3.63, 3.8) is 0 Å². The number of nitrogens with one attached hydrogen (secondary N) is 1. The first-order valence-corrected chi connectivity index (χ1v) is 9.17. The number of likely N-dealkylation sites (tertiary alicyclic amines) is 1. The van der Waals surface area contributed by atoms with Crippen molar-refractivity contribution < 1.29 is 14.3 Å². The molecule has 0 spiro atoms. The quantitative estimate of drug-likeness (QED) is 0.858. The van der Waals surface area contributed by atoms with Crippen LogP contribution in [0.2, 0.25) is 0 Å². The normalized spacial score (nSPS) is 16.7. The highest BCUT2D eigenvalue weighted by molar-refractivity contribution is 7.09. The van der Waals surface area contributed by atoms with Crippen LogP contribution in [-0.4, -0.2) is 40.9 Å². The molecule has 0 saturated carbocycles. The Balaban J connectivity index is 1.52. The van der Waals surface area contributed by atoms with Crippen molar-refractivity contribution in [2.24, 2.45) is 0 Å². The molecule has 1 N–H and O–H groups in total. The molecule has 25 heavy (non-hydrogen) atoms. The van der Waals surface area contributed by atoms with Gasteiger partial charge in [0.25, 0.3) is 5.91 Å². The molecule has 2 aromatic rings. The fourth-order valence-corrected chi connectivity index (χ4v) is 3.48. The predicted molar refractivity (Wildman–Crippen MR) is 95.4 cm³/mol. The number of para-hydroxylation sites is 1. The van der Waals surface area contributed by atoms with Crippen LogP contribution in [0, 0.1) is 6.92 Å². The molecule has 3 rings (SSSR count). The lowest BCUT2D eigenvalue weighted by Gasteiger charge is -2.23. The molecule has 1 aliphatic rings. The van der Waals surface area contributed by atoms with E-state index in [1.807, 2.05) is 30.5 Å². The van der Waals surface area contributed by atoms with Gasteiger partial charge in [0, 0.05) is 11.9 Å². The van der Waals surface area contributed by atoms with E-state index in [-0.39, 0.29) is 18.4 Å². The minimum Gasteiger partial charge on any atom is -0.484 e. The van der Waals surface area contributed by atoms with Crippen LogP contribution in [0.1, 0.15) is 23.5 Å². The zero-order valence-corrected chi connectivity index (χ0v) is 14.9. The number of hydrogen-bond donors (Lipinski definition) is 1. The number of carbonyl (C=O) groups is 2. The third-order valence-electron chi connectivity index (χ3n) is 4.09. The zero-order chi connectivity index (χ0) is 17.6. The van der Waals surface area contributed by atoms with Crippen molar-refractivity contribution >= 4 is 23.2 Å². The lowest BCUT2D eigenvalue weighted by Crippen LogP contribution is -2.47. The molecule has 0 bridgehead atoms. The molecular formula is C18H21N3O3S. The number of thiazole rings is 1. The van der Waals surface area contributed by atoms with Gasteiger partial charge in [-0.05, 0) is 31.9 Å². The SMILES string of the molecule is Cc1nc(CNC(=O)C2CCCN2C(=O)COc2ccccc2)cs1. The number of nitrogens with zero attached hydrogens (tertiary/aromatic N) is 2.